The van der Waals surface area contributed by atoms with Crippen LogP contribution < -0.4 is 10.1 Å². The number of carbonyl (C=O) groups excluding carboxylic acids is 1. The van der Waals surface area contributed by atoms with Crippen LogP contribution in [0.3, 0.4) is 0 Å². The number of ether oxygens (including phenoxy) is 1. The third-order valence-electron chi connectivity index (χ3n) is 3.78. The molecule has 0 radical (unpaired) electrons. The molecule has 2 aromatic carbocycles. The third-order valence-corrected chi connectivity index (χ3v) is 3.78. The van der Waals surface area contributed by atoms with Crippen LogP contribution in [0.4, 0.5) is 5.69 Å². The fraction of sp³-hybridized carbons (Fsp3) is 0.111. The molecule has 0 spiro atoms. The minimum absolute atomic E-state index is 0.259. The number of methoxy groups -OCH3 is 1. The van der Waals surface area contributed by atoms with Gasteiger partial charge in [0, 0.05) is 18.5 Å². The van der Waals surface area contributed by atoms with Crippen LogP contribution in [0, 0.1) is 11.3 Å². The molecule has 5 heteroatoms. The molecule has 23 heavy (non-hydrogen) atoms. The number of hydrogen-bond acceptors (Lipinski definition) is 3. The number of aromatic nitrogens is 1. The van der Waals surface area contributed by atoms with E-state index in [0.29, 0.717) is 16.9 Å². The summed E-state index contributed by atoms with van der Waals surface area (Å²) in [6.07, 6.45) is 0. The Labute approximate surface area is 133 Å². The molecule has 3 aromatic rings. The van der Waals surface area contributed by atoms with Gasteiger partial charge in [-0.2, -0.15) is 5.26 Å². The number of fused-ring (bicyclic) bond motifs is 1. The normalized spacial score (nSPS) is 10.3. The molecule has 1 heterocycles. The molecule has 0 aliphatic carbocycles. The number of nitrogens with one attached hydrogen (secondary N) is 1. The summed E-state index contributed by atoms with van der Waals surface area (Å²) in [5, 5.41) is 12.9. The molecule has 5 nitrogen and oxygen atoms in total. The number of anilines is 1. The molecule has 0 aliphatic heterocycles. The number of amides is 1. The summed E-state index contributed by atoms with van der Waals surface area (Å²) in [5.41, 5.74) is 2.35. The lowest BCUT2D eigenvalue weighted by molar-refractivity contribution is 0.101. The summed E-state index contributed by atoms with van der Waals surface area (Å²) in [4.78, 5) is 12.6. The fourth-order valence-corrected chi connectivity index (χ4v) is 2.53. The standard InChI is InChI=1S/C18H15N3O2/c1-21-16-10-14(23-2)8-7-12(16)9-17(21)18(22)20-15-6-4-3-5-13(15)11-19/h3-10H,1-2H3,(H,20,22). The second-order valence-electron chi connectivity index (χ2n) is 5.12. The van der Waals surface area contributed by atoms with Gasteiger partial charge in [0.15, 0.2) is 0 Å². The Bertz CT molecular complexity index is 935. The quantitative estimate of drug-likeness (QED) is 0.807. The molecule has 0 fully saturated rings. The first-order valence-electron chi connectivity index (χ1n) is 7.08. The van der Waals surface area contributed by atoms with Crippen molar-refractivity contribution in [3.05, 3.63) is 59.8 Å². The summed E-state index contributed by atoms with van der Waals surface area (Å²) < 4.78 is 7.03. The number of nitriles is 1. The summed E-state index contributed by atoms with van der Waals surface area (Å²) in [6, 6.07) is 16.5. The molecule has 0 bridgehead atoms. The highest BCUT2D eigenvalue weighted by molar-refractivity contribution is 6.07. The van der Waals surface area contributed by atoms with Gasteiger partial charge in [-0.25, -0.2) is 0 Å². The van der Waals surface area contributed by atoms with Crippen molar-refractivity contribution in [1.82, 2.24) is 4.57 Å². The van der Waals surface area contributed by atoms with E-state index in [9.17, 15) is 4.79 Å². The average Bonchev–Trinajstić information content (AvgIpc) is 2.91. The lowest BCUT2D eigenvalue weighted by Gasteiger charge is -2.08. The maximum absolute atomic E-state index is 12.6. The minimum atomic E-state index is -0.259. The van der Waals surface area contributed by atoms with Gasteiger partial charge in [0.2, 0.25) is 0 Å². The number of benzene rings is 2. The first-order chi connectivity index (χ1) is 11.1. The Balaban J connectivity index is 1.98. The predicted molar refractivity (Wildman–Crippen MR) is 88.6 cm³/mol. The van der Waals surface area contributed by atoms with Crippen LogP contribution in [0.25, 0.3) is 10.9 Å². The van der Waals surface area contributed by atoms with Crippen LogP contribution in [0.2, 0.25) is 0 Å². The maximum atomic E-state index is 12.6. The van der Waals surface area contributed by atoms with Gasteiger partial charge in [0.25, 0.3) is 5.91 Å². The van der Waals surface area contributed by atoms with E-state index in [0.717, 1.165) is 16.7 Å². The highest BCUT2D eigenvalue weighted by atomic mass is 16.5. The van der Waals surface area contributed by atoms with Gasteiger partial charge in [-0.3, -0.25) is 4.79 Å². The molecule has 0 atom stereocenters. The predicted octanol–water partition coefficient (Wildman–Crippen LogP) is 3.31. The summed E-state index contributed by atoms with van der Waals surface area (Å²) in [7, 11) is 3.43. The van der Waals surface area contributed by atoms with Crippen LogP contribution in [-0.2, 0) is 7.05 Å². The van der Waals surface area contributed by atoms with E-state index >= 15 is 0 Å². The van der Waals surface area contributed by atoms with Crippen LogP contribution in [-0.4, -0.2) is 17.6 Å². The van der Waals surface area contributed by atoms with E-state index in [1.807, 2.05) is 35.9 Å². The van der Waals surface area contributed by atoms with Gasteiger partial charge in [0.05, 0.1) is 23.9 Å². The van der Waals surface area contributed by atoms with Gasteiger partial charge >= 0.3 is 0 Å². The third kappa shape index (κ3) is 2.62. The van der Waals surface area contributed by atoms with E-state index in [2.05, 4.69) is 11.4 Å². The number of nitrogens with zero attached hydrogens (tertiary/aromatic N) is 2. The molecule has 1 amide bonds. The Morgan fingerprint density at radius 1 is 1.22 bits per heavy atom. The average molecular weight is 305 g/mol. The minimum Gasteiger partial charge on any atom is -0.497 e. The monoisotopic (exact) mass is 305 g/mol. The molecule has 114 valence electrons. The highest BCUT2D eigenvalue weighted by Gasteiger charge is 2.15. The van der Waals surface area contributed by atoms with E-state index in [4.69, 9.17) is 10.00 Å². The second kappa shape index (κ2) is 5.85. The number of para-hydroxylation sites is 1. The zero-order valence-corrected chi connectivity index (χ0v) is 12.8. The van der Waals surface area contributed by atoms with Crippen molar-refractivity contribution < 1.29 is 9.53 Å². The zero-order chi connectivity index (χ0) is 16.4. The van der Waals surface area contributed by atoms with E-state index in [1.54, 1.807) is 31.4 Å². The molecule has 0 unspecified atom stereocenters. The Morgan fingerprint density at radius 2 is 2.00 bits per heavy atom. The highest BCUT2D eigenvalue weighted by Crippen LogP contribution is 2.24. The van der Waals surface area contributed by atoms with Crippen LogP contribution in [0.5, 0.6) is 5.75 Å². The van der Waals surface area contributed by atoms with Gasteiger partial charge < -0.3 is 14.6 Å². The zero-order valence-electron chi connectivity index (χ0n) is 12.8. The van der Waals surface area contributed by atoms with Crippen molar-refractivity contribution >= 4 is 22.5 Å². The Hall–Kier alpha value is -3.26. The van der Waals surface area contributed by atoms with Gasteiger partial charge in [-0.1, -0.05) is 12.1 Å². The van der Waals surface area contributed by atoms with Crippen LogP contribution in [0.15, 0.2) is 48.5 Å². The molecule has 1 N–H and O–H groups in total. The molecular formula is C18H15N3O2. The largest absolute Gasteiger partial charge is 0.497 e. The van der Waals surface area contributed by atoms with E-state index < -0.39 is 0 Å². The van der Waals surface area contributed by atoms with Gasteiger partial charge in [0.1, 0.15) is 17.5 Å². The second-order valence-corrected chi connectivity index (χ2v) is 5.12. The number of rotatable bonds is 3. The van der Waals surface area contributed by atoms with Crippen molar-refractivity contribution in [2.75, 3.05) is 12.4 Å². The van der Waals surface area contributed by atoms with Crippen molar-refractivity contribution in [3.63, 3.8) is 0 Å². The SMILES string of the molecule is COc1ccc2cc(C(=O)Nc3ccccc3C#N)n(C)c2c1. The van der Waals surface area contributed by atoms with Crippen molar-refractivity contribution in [2.45, 2.75) is 0 Å². The Kier molecular flexibility index (Phi) is 3.73. The smallest absolute Gasteiger partial charge is 0.272 e. The fourth-order valence-electron chi connectivity index (χ4n) is 2.53. The Morgan fingerprint density at radius 3 is 2.74 bits per heavy atom. The van der Waals surface area contributed by atoms with Crippen LogP contribution >= 0.6 is 0 Å². The molecule has 3 rings (SSSR count). The van der Waals surface area contributed by atoms with Crippen LogP contribution in [0.1, 0.15) is 16.1 Å². The first-order valence-corrected chi connectivity index (χ1v) is 7.08. The van der Waals surface area contributed by atoms with E-state index in [-0.39, 0.29) is 5.91 Å². The molecular weight excluding hydrogens is 290 g/mol. The van der Waals surface area contributed by atoms with Gasteiger partial charge in [-0.15, -0.1) is 0 Å². The molecule has 0 saturated carbocycles. The first kappa shape index (κ1) is 14.7. The lowest BCUT2D eigenvalue weighted by atomic mass is 10.2. The van der Waals surface area contributed by atoms with Crippen molar-refractivity contribution in [1.29, 1.82) is 5.26 Å². The topological polar surface area (TPSA) is 67.0 Å². The molecule has 1 aromatic heterocycles. The van der Waals surface area contributed by atoms with Crippen molar-refractivity contribution in [3.8, 4) is 11.8 Å². The number of aryl methyl sites for hydroxylation is 1. The summed E-state index contributed by atoms with van der Waals surface area (Å²) in [5.74, 6) is 0.478. The van der Waals surface area contributed by atoms with Crippen molar-refractivity contribution in [2.24, 2.45) is 7.05 Å². The van der Waals surface area contributed by atoms with Gasteiger partial charge in [-0.05, 0) is 30.3 Å². The lowest BCUT2D eigenvalue weighted by Crippen LogP contribution is -2.16. The molecule has 0 aliphatic rings. The summed E-state index contributed by atoms with van der Waals surface area (Å²) >= 11 is 0. The van der Waals surface area contributed by atoms with E-state index in [1.165, 1.54) is 0 Å². The molecule has 0 saturated heterocycles. The number of hydrogen-bond donors (Lipinski definition) is 1. The number of carbonyl (C=O) groups is 1. The summed E-state index contributed by atoms with van der Waals surface area (Å²) in [6.45, 7) is 0. The maximum Gasteiger partial charge on any atom is 0.272 e.